The Kier molecular flexibility index (Phi) is 9.55. The van der Waals surface area contributed by atoms with Gasteiger partial charge in [-0.25, -0.2) is 0 Å². The zero-order chi connectivity index (χ0) is 15.3. The van der Waals surface area contributed by atoms with E-state index in [1.165, 1.54) is 31.2 Å². The zero-order valence-corrected chi connectivity index (χ0v) is 13.4. The summed E-state index contributed by atoms with van der Waals surface area (Å²) in [5, 5.41) is 2.99. The Morgan fingerprint density at radius 1 is 1.10 bits per heavy atom. The van der Waals surface area contributed by atoms with Crippen molar-refractivity contribution in [3.05, 3.63) is 29.8 Å². The molecule has 0 saturated heterocycles. The molecule has 1 aromatic rings. The van der Waals surface area contributed by atoms with Gasteiger partial charge in [0.25, 0.3) is 0 Å². The number of anilines is 1. The Morgan fingerprint density at radius 3 is 2.62 bits per heavy atom. The van der Waals surface area contributed by atoms with Gasteiger partial charge in [-0.2, -0.15) is 0 Å². The predicted octanol–water partition coefficient (Wildman–Crippen LogP) is 4.27. The number of hydrogen-bond acceptors (Lipinski definition) is 2. The van der Waals surface area contributed by atoms with E-state index in [4.69, 9.17) is 5.73 Å². The van der Waals surface area contributed by atoms with Crippen LogP contribution in [0.2, 0.25) is 0 Å². The Bertz CT molecular complexity index is 404. The first-order chi connectivity index (χ1) is 10.3. The van der Waals surface area contributed by atoms with Crippen molar-refractivity contribution in [2.45, 2.75) is 64.7 Å². The first-order valence-corrected chi connectivity index (χ1v) is 8.35. The predicted molar refractivity (Wildman–Crippen MR) is 90.4 cm³/mol. The fourth-order valence-electron chi connectivity index (χ4n) is 2.40. The molecule has 0 aliphatic heterocycles. The van der Waals surface area contributed by atoms with Crippen LogP contribution in [0.15, 0.2) is 24.3 Å². The van der Waals surface area contributed by atoms with Crippen LogP contribution in [0, 0.1) is 0 Å². The van der Waals surface area contributed by atoms with E-state index in [9.17, 15) is 4.79 Å². The number of carbonyl (C=O) groups is 1. The van der Waals surface area contributed by atoms with Crippen molar-refractivity contribution in [3.63, 3.8) is 0 Å². The summed E-state index contributed by atoms with van der Waals surface area (Å²) >= 11 is 0. The molecule has 1 rings (SSSR count). The maximum Gasteiger partial charge on any atom is 0.224 e. The molecule has 0 radical (unpaired) electrons. The molecule has 1 aromatic carbocycles. The lowest BCUT2D eigenvalue weighted by atomic mass is 10.1. The molecule has 118 valence electrons. The minimum atomic E-state index is 0.126. The lowest BCUT2D eigenvalue weighted by Gasteiger charge is -2.07. The quantitative estimate of drug-likeness (QED) is 0.598. The lowest BCUT2D eigenvalue weighted by Crippen LogP contribution is -2.11. The molecule has 0 saturated carbocycles. The van der Waals surface area contributed by atoms with Crippen molar-refractivity contribution in [1.29, 1.82) is 0 Å². The zero-order valence-electron chi connectivity index (χ0n) is 13.4. The van der Waals surface area contributed by atoms with Gasteiger partial charge in [-0.3, -0.25) is 4.79 Å². The summed E-state index contributed by atoms with van der Waals surface area (Å²) in [6.07, 6.45) is 9.83. The number of unbranched alkanes of at least 4 members (excludes halogenated alkanes) is 5. The van der Waals surface area contributed by atoms with E-state index in [1.54, 1.807) is 0 Å². The van der Waals surface area contributed by atoms with Gasteiger partial charge < -0.3 is 11.1 Å². The number of amides is 1. The molecule has 21 heavy (non-hydrogen) atoms. The number of aryl methyl sites for hydroxylation is 1. The third kappa shape index (κ3) is 8.51. The van der Waals surface area contributed by atoms with Crippen LogP contribution < -0.4 is 11.1 Å². The molecule has 3 heteroatoms. The van der Waals surface area contributed by atoms with Gasteiger partial charge in [-0.1, -0.05) is 51.2 Å². The van der Waals surface area contributed by atoms with E-state index < -0.39 is 0 Å². The lowest BCUT2D eigenvalue weighted by molar-refractivity contribution is -0.116. The fourth-order valence-corrected chi connectivity index (χ4v) is 2.40. The summed E-state index contributed by atoms with van der Waals surface area (Å²) in [6.45, 7) is 2.92. The second-order valence-electron chi connectivity index (χ2n) is 5.66. The Morgan fingerprint density at radius 2 is 1.86 bits per heavy atom. The highest BCUT2D eigenvalue weighted by molar-refractivity contribution is 5.90. The number of hydrogen-bond donors (Lipinski definition) is 2. The smallest absolute Gasteiger partial charge is 0.224 e. The fraction of sp³-hybridized carbons (Fsp3) is 0.611. The second-order valence-corrected chi connectivity index (χ2v) is 5.66. The summed E-state index contributed by atoms with van der Waals surface area (Å²) in [7, 11) is 0. The highest BCUT2D eigenvalue weighted by atomic mass is 16.1. The van der Waals surface area contributed by atoms with Gasteiger partial charge in [-0.05, 0) is 43.5 Å². The molecule has 0 bridgehead atoms. The van der Waals surface area contributed by atoms with Crippen molar-refractivity contribution in [1.82, 2.24) is 0 Å². The van der Waals surface area contributed by atoms with Crippen LogP contribution >= 0.6 is 0 Å². The number of nitrogens with one attached hydrogen (secondary N) is 1. The Hall–Kier alpha value is -1.35. The molecule has 0 heterocycles. The maximum absolute atomic E-state index is 11.9. The summed E-state index contributed by atoms with van der Waals surface area (Å²) < 4.78 is 0. The molecule has 0 fully saturated rings. The average Bonchev–Trinajstić information content (AvgIpc) is 2.49. The van der Waals surface area contributed by atoms with Gasteiger partial charge in [0, 0.05) is 12.1 Å². The molecule has 0 aliphatic rings. The number of nitrogens with two attached hydrogens (primary N) is 1. The van der Waals surface area contributed by atoms with Crippen LogP contribution in [0.4, 0.5) is 5.69 Å². The molecule has 0 aromatic heterocycles. The third-order valence-electron chi connectivity index (χ3n) is 3.64. The first kappa shape index (κ1) is 17.7. The molecule has 0 spiro atoms. The van der Waals surface area contributed by atoms with Gasteiger partial charge in [-0.15, -0.1) is 0 Å². The third-order valence-corrected chi connectivity index (χ3v) is 3.64. The van der Waals surface area contributed by atoms with Gasteiger partial charge in [0.05, 0.1) is 0 Å². The molecule has 0 aliphatic carbocycles. The van der Waals surface area contributed by atoms with Crippen LogP contribution in [0.1, 0.15) is 63.9 Å². The SMILES string of the molecule is CCCCCCCCC(=O)Nc1cccc(CCCN)c1. The topological polar surface area (TPSA) is 55.1 Å². The molecular weight excluding hydrogens is 260 g/mol. The number of carbonyl (C=O) groups excluding carboxylic acids is 1. The standard InChI is InChI=1S/C18H30N2O/c1-2-3-4-5-6-7-13-18(21)20-17-12-8-10-16(15-17)11-9-14-19/h8,10,12,15H,2-7,9,11,13-14,19H2,1H3,(H,20,21). The van der Waals surface area contributed by atoms with E-state index >= 15 is 0 Å². The summed E-state index contributed by atoms with van der Waals surface area (Å²) in [6, 6.07) is 8.07. The van der Waals surface area contributed by atoms with Crippen molar-refractivity contribution >= 4 is 11.6 Å². The van der Waals surface area contributed by atoms with Crippen molar-refractivity contribution in [2.24, 2.45) is 5.73 Å². The van der Waals surface area contributed by atoms with Crippen LogP contribution in [0.5, 0.6) is 0 Å². The van der Waals surface area contributed by atoms with E-state index in [1.807, 2.05) is 12.1 Å². The summed E-state index contributed by atoms with van der Waals surface area (Å²) in [5.41, 5.74) is 7.66. The molecule has 1 amide bonds. The van der Waals surface area contributed by atoms with Gasteiger partial charge in [0.15, 0.2) is 0 Å². The maximum atomic E-state index is 11.9. The largest absolute Gasteiger partial charge is 0.330 e. The minimum absolute atomic E-state index is 0.126. The van der Waals surface area contributed by atoms with Crippen LogP contribution in [-0.2, 0) is 11.2 Å². The van der Waals surface area contributed by atoms with Gasteiger partial charge >= 0.3 is 0 Å². The van der Waals surface area contributed by atoms with Crippen molar-refractivity contribution in [2.75, 3.05) is 11.9 Å². The molecule has 0 atom stereocenters. The normalized spacial score (nSPS) is 10.6. The second kappa shape index (κ2) is 11.3. The van der Waals surface area contributed by atoms with Crippen LogP contribution in [0.25, 0.3) is 0 Å². The number of benzene rings is 1. The molecule has 0 unspecified atom stereocenters. The van der Waals surface area contributed by atoms with Crippen LogP contribution in [-0.4, -0.2) is 12.5 Å². The van der Waals surface area contributed by atoms with Crippen molar-refractivity contribution in [3.8, 4) is 0 Å². The number of rotatable bonds is 11. The van der Waals surface area contributed by atoms with Gasteiger partial charge in [0.1, 0.15) is 0 Å². The Labute approximate surface area is 129 Å². The minimum Gasteiger partial charge on any atom is -0.330 e. The van der Waals surface area contributed by atoms with E-state index in [0.29, 0.717) is 13.0 Å². The monoisotopic (exact) mass is 290 g/mol. The van der Waals surface area contributed by atoms with Crippen molar-refractivity contribution < 1.29 is 4.79 Å². The van der Waals surface area contributed by atoms with Gasteiger partial charge in [0.2, 0.25) is 5.91 Å². The highest BCUT2D eigenvalue weighted by Gasteiger charge is 2.03. The summed E-state index contributed by atoms with van der Waals surface area (Å²) in [4.78, 5) is 11.9. The highest BCUT2D eigenvalue weighted by Crippen LogP contribution is 2.13. The Balaban J connectivity index is 2.24. The van der Waals surface area contributed by atoms with Crippen LogP contribution in [0.3, 0.4) is 0 Å². The van der Waals surface area contributed by atoms with E-state index in [0.717, 1.165) is 31.4 Å². The molecule has 3 N–H and O–H groups in total. The molecular formula is C18H30N2O. The van der Waals surface area contributed by atoms with E-state index in [2.05, 4.69) is 24.4 Å². The van der Waals surface area contributed by atoms with E-state index in [-0.39, 0.29) is 5.91 Å². The molecule has 3 nitrogen and oxygen atoms in total. The summed E-state index contributed by atoms with van der Waals surface area (Å²) in [5.74, 6) is 0.126. The average molecular weight is 290 g/mol. The first-order valence-electron chi connectivity index (χ1n) is 8.35.